The van der Waals surface area contributed by atoms with Crippen molar-refractivity contribution in [2.45, 2.75) is 32.2 Å². The molecular weight excluding hydrogens is 306 g/mol. The largest absolute Gasteiger partial charge is 0.381 e. The first-order valence-corrected chi connectivity index (χ1v) is 8.62. The summed E-state index contributed by atoms with van der Waals surface area (Å²) >= 11 is 0. The third-order valence-electron chi connectivity index (χ3n) is 4.80. The van der Waals surface area contributed by atoms with Crippen LogP contribution in [0.4, 0.5) is 10.5 Å². The zero-order valence-corrected chi connectivity index (χ0v) is 14.1. The number of ether oxygens (including phenoxy) is 1. The molecule has 2 heterocycles. The average Bonchev–Trinajstić information content (AvgIpc) is 2.59. The monoisotopic (exact) mass is 331 g/mol. The fourth-order valence-electron chi connectivity index (χ4n) is 3.63. The highest BCUT2D eigenvalue weighted by Gasteiger charge is 2.36. The van der Waals surface area contributed by atoms with E-state index in [0.717, 1.165) is 43.7 Å². The van der Waals surface area contributed by atoms with Gasteiger partial charge in [-0.15, -0.1) is 0 Å². The van der Waals surface area contributed by atoms with Crippen LogP contribution in [-0.2, 0) is 9.53 Å². The molecule has 2 N–H and O–H groups in total. The van der Waals surface area contributed by atoms with E-state index in [0.29, 0.717) is 12.5 Å². The number of rotatable bonds is 3. The van der Waals surface area contributed by atoms with Crippen molar-refractivity contribution < 1.29 is 14.3 Å². The van der Waals surface area contributed by atoms with Crippen LogP contribution in [0.15, 0.2) is 24.3 Å². The normalized spacial score (nSPS) is 23.3. The van der Waals surface area contributed by atoms with E-state index in [-0.39, 0.29) is 24.5 Å². The molecule has 2 saturated heterocycles. The van der Waals surface area contributed by atoms with Gasteiger partial charge >= 0.3 is 6.03 Å². The smallest absolute Gasteiger partial charge is 0.319 e. The Balaban J connectivity index is 1.50. The van der Waals surface area contributed by atoms with E-state index in [4.69, 9.17) is 4.74 Å². The Morgan fingerprint density at radius 2 is 2.21 bits per heavy atom. The van der Waals surface area contributed by atoms with Crippen molar-refractivity contribution in [3.63, 3.8) is 0 Å². The summed E-state index contributed by atoms with van der Waals surface area (Å²) < 4.78 is 5.52. The third-order valence-corrected chi connectivity index (χ3v) is 4.80. The van der Waals surface area contributed by atoms with Crippen molar-refractivity contribution in [3.05, 3.63) is 29.8 Å². The fraction of sp³-hybridized carbons (Fsp3) is 0.556. The number of anilines is 1. The maximum Gasteiger partial charge on any atom is 0.319 e. The van der Waals surface area contributed by atoms with E-state index in [2.05, 4.69) is 10.6 Å². The molecule has 130 valence electrons. The first-order chi connectivity index (χ1) is 11.6. The zero-order chi connectivity index (χ0) is 16.9. The van der Waals surface area contributed by atoms with Crippen LogP contribution in [0, 0.1) is 12.8 Å². The molecule has 0 bridgehead atoms. The predicted octanol–water partition coefficient (Wildman–Crippen LogP) is 2.14. The van der Waals surface area contributed by atoms with Gasteiger partial charge in [-0.1, -0.05) is 12.1 Å². The van der Waals surface area contributed by atoms with Crippen LogP contribution in [0.2, 0.25) is 0 Å². The van der Waals surface area contributed by atoms with Crippen molar-refractivity contribution in [1.29, 1.82) is 0 Å². The van der Waals surface area contributed by atoms with Gasteiger partial charge in [0.25, 0.3) is 0 Å². The average molecular weight is 331 g/mol. The second-order valence-electron chi connectivity index (χ2n) is 6.60. The van der Waals surface area contributed by atoms with Gasteiger partial charge in [0, 0.05) is 30.8 Å². The molecule has 6 heteroatoms. The molecule has 6 nitrogen and oxygen atoms in total. The highest BCUT2D eigenvalue weighted by Crippen LogP contribution is 2.29. The summed E-state index contributed by atoms with van der Waals surface area (Å²) in [6, 6.07) is 7.48. The molecule has 2 unspecified atom stereocenters. The van der Waals surface area contributed by atoms with Crippen molar-refractivity contribution in [2.24, 2.45) is 5.92 Å². The molecule has 3 amide bonds. The van der Waals surface area contributed by atoms with E-state index in [1.165, 1.54) is 0 Å². The summed E-state index contributed by atoms with van der Waals surface area (Å²) in [5, 5.41) is 5.43. The maximum atomic E-state index is 12.5. The quantitative estimate of drug-likeness (QED) is 0.891. The lowest BCUT2D eigenvalue weighted by Crippen LogP contribution is -2.54. The lowest BCUT2D eigenvalue weighted by Gasteiger charge is -2.43. The van der Waals surface area contributed by atoms with Crippen molar-refractivity contribution in [1.82, 2.24) is 10.2 Å². The Bertz CT molecular complexity index is 603. The number of aryl methyl sites for hydroxylation is 1. The predicted molar refractivity (Wildman–Crippen MR) is 91.9 cm³/mol. The highest BCUT2D eigenvalue weighted by atomic mass is 16.5. The molecule has 2 atom stereocenters. The first-order valence-electron chi connectivity index (χ1n) is 8.62. The molecule has 3 rings (SSSR count). The minimum atomic E-state index is -0.352. The summed E-state index contributed by atoms with van der Waals surface area (Å²) in [5.74, 6) is 0.434. The minimum Gasteiger partial charge on any atom is -0.381 e. The Labute approximate surface area is 142 Å². The fourth-order valence-corrected chi connectivity index (χ4v) is 3.63. The van der Waals surface area contributed by atoms with Crippen LogP contribution >= 0.6 is 0 Å². The number of benzene rings is 1. The van der Waals surface area contributed by atoms with Crippen LogP contribution in [-0.4, -0.2) is 49.2 Å². The van der Waals surface area contributed by atoms with Gasteiger partial charge in [-0.2, -0.15) is 0 Å². The van der Waals surface area contributed by atoms with Gasteiger partial charge in [0.15, 0.2) is 0 Å². The van der Waals surface area contributed by atoms with Gasteiger partial charge in [-0.3, -0.25) is 4.79 Å². The Kier molecular flexibility index (Phi) is 5.35. The lowest BCUT2D eigenvalue weighted by molar-refractivity contribution is -0.139. The summed E-state index contributed by atoms with van der Waals surface area (Å²) in [6.07, 6.45) is 3.02. The minimum absolute atomic E-state index is 0.00834. The van der Waals surface area contributed by atoms with Crippen LogP contribution in [0.3, 0.4) is 0 Å². The van der Waals surface area contributed by atoms with Crippen LogP contribution in [0.5, 0.6) is 0 Å². The molecule has 2 aliphatic rings. The number of carbonyl (C=O) groups excluding carboxylic acids is 2. The molecule has 0 aromatic heterocycles. The van der Waals surface area contributed by atoms with Crippen LogP contribution < -0.4 is 10.6 Å². The van der Waals surface area contributed by atoms with Gasteiger partial charge in [0.05, 0.1) is 13.2 Å². The number of nitrogens with zero attached hydrogens (tertiary/aromatic N) is 1. The second-order valence-corrected chi connectivity index (χ2v) is 6.60. The number of urea groups is 1. The number of amides is 3. The molecule has 1 aromatic carbocycles. The molecule has 24 heavy (non-hydrogen) atoms. The number of hydrogen-bond donors (Lipinski definition) is 2. The number of hydrogen-bond acceptors (Lipinski definition) is 3. The van der Waals surface area contributed by atoms with Gasteiger partial charge < -0.3 is 20.3 Å². The van der Waals surface area contributed by atoms with E-state index in [1.54, 1.807) is 0 Å². The summed E-state index contributed by atoms with van der Waals surface area (Å²) in [4.78, 5) is 26.4. The van der Waals surface area contributed by atoms with E-state index in [9.17, 15) is 9.59 Å². The summed E-state index contributed by atoms with van der Waals surface area (Å²) in [6.45, 7) is 4.23. The maximum absolute atomic E-state index is 12.5. The molecule has 0 spiro atoms. The lowest BCUT2D eigenvalue weighted by atomic mass is 9.86. The zero-order valence-electron chi connectivity index (χ0n) is 14.1. The van der Waals surface area contributed by atoms with Gasteiger partial charge in [-0.05, 0) is 43.9 Å². The SMILES string of the molecule is Cc1cccc(NC(=O)NCC(=O)N2CCCC3COCCC32)c1. The second kappa shape index (κ2) is 7.66. The van der Waals surface area contributed by atoms with Gasteiger partial charge in [0.1, 0.15) is 0 Å². The Morgan fingerprint density at radius 1 is 1.33 bits per heavy atom. The molecule has 1 aromatic rings. The number of carbonyl (C=O) groups is 2. The molecule has 2 aliphatic heterocycles. The molecular formula is C18H25N3O3. The molecule has 0 saturated carbocycles. The van der Waals surface area contributed by atoms with E-state index >= 15 is 0 Å². The van der Waals surface area contributed by atoms with Gasteiger partial charge in [0.2, 0.25) is 5.91 Å². The first kappa shape index (κ1) is 16.8. The topological polar surface area (TPSA) is 70.7 Å². The molecule has 0 radical (unpaired) electrons. The number of likely N-dealkylation sites (tertiary alicyclic amines) is 1. The van der Waals surface area contributed by atoms with E-state index < -0.39 is 0 Å². The molecule has 0 aliphatic carbocycles. The number of nitrogens with one attached hydrogen (secondary N) is 2. The van der Waals surface area contributed by atoms with Crippen molar-refractivity contribution in [3.8, 4) is 0 Å². The number of piperidine rings is 1. The standard InChI is InChI=1S/C18H25N3O3/c1-13-4-2-6-15(10-13)20-18(23)19-11-17(22)21-8-3-5-14-12-24-9-7-16(14)21/h2,4,6,10,14,16H,3,5,7-9,11-12H2,1H3,(H2,19,20,23). The van der Waals surface area contributed by atoms with Crippen LogP contribution in [0.25, 0.3) is 0 Å². The van der Waals surface area contributed by atoms with Gasteiger partial charge in [-0.25, -0.2) is 4.79 Å². The Morgan fingerprint density at radius 3 is 3.04 bits per heavy atom. The third kappa shape index (κ3) is 4.06. The number of fused-ring (bicyclic) bond motifs is 1. The summed E-state index contributed by atoms with van der Waals surface area (Å²) in [5.41, 5.74) is 1.80. The van der Waals surface area contributed by atoms with Crippen molar-refractivity contribution in [2.75, 3.05) is 31.6 Å². The van der Waals surface area contributed by atoms with E-state index in [1.807, 2.05) is 36.1 Å². The molecule has 2 fully saturated rings. The van der Waals surface area contributed by atoms with Crippen LogP contribution in [0.1, 0.15) is 24.8 Å². The van der Waals surface area contributed by atoms with Crippen molar-refractivity contribution >= 4 is 17.6 Å². The highest BCUT2D eigenvalue weighted by molar-refractivity contribution is 5.92. The Hall–Kier alpha value is -2.08. The summed E-state index contributed by atoms with van der Waals surface area (Å²) in [7, 11) is 0.